The maximum Gasteiger partial charge on any atom is 0.255 e. The molecule has 1 N–H and O–H groups in total. The summed E-state index contributed by atoms with van der Waals surface area (Å²) < 4.78 is 6.50. The first-order valence-electron chi connectivity index (χ1n) is 9.82. The fourth-order valence-corrected chi connectivity index (χ4v) is 3.53. The monoisotopic (exact) mass is 463 g/mol. The molecule has 152 valence electrons. The third-order valence-electron chi connectivity index (χ3n) is 4.85. The second-order valence-electron chi connectivity index (χ2n) is 6.93. The Morgan fingerprint density at radius 2 is 1.73 bits per heavy atom. The van der Waals surface area contributed by atoms with Crippen molar-refractivity contribution in [3.8, 4) is 0 Å². The molecule has 0 unspecified atom stereocenters. The molecule has 1 aliphatic heterocycles. The average molecular weight is 464 g/mol. The fourth-order valence-electron chi connectivity index (χ4n) is 3.27. The summed E-state index contributed by atoms with van der Waals surface area (Å²) in [5.74, 6) is -0.140. The van der Waals surface area contributed by atoms with Gasteiger partial charge < -0.3 is 15.0 Å². The molecule has 1 saturated heterocycles. The van der Waals surface area contributed by atoms with Gasteiger partial charge in [0.15, 0.2) is 0 Å². The molecule has 1 amide bonds. The third kappa shape index (κ3) is 5.14. The Morgan fingerprint density at radius 1 is 1.00 bits per heavy atom. The Morgan fingerprint density at radius 3 is 2.47 bits per heavy atom. The molecule has 0 saturated carbocycles. The van der Waals surface area contributed by atoms with Crippen LogP contribution in [-0.2, 0) is 4.74 Å². The number of nitrogens with one attached hydrogen (secondary N) is 1. The van der Waals surface area contributed by atoms with Gasteiger partial charge >= 0.3 is 0 Å². The van der Waals surface area contributed by atoms with Gasteiger partial charge in [0.2, 0.25) is 0 Å². The Kier molecular flexibility index (Phi) is 6.57. The Labute approximate surface area is 184 Å². The topological polar surface area (TPSA) is 53.9 Å². The summed E-state index contributed by atoms with van der Waals surface area (Å²) in [5.41, 5.74) is 4.12. The van der Waals surface area contributed by atoms with Gasteiger partial charge in [0, 0.05) is 29.3 Å². The molecule has 5 nitrogen and oxygen atoms in total. The number of morpholine rings is 1. The van der Waals surface area contributed by atoms with Gasteiger partial charge in [0.1, 0.15) is 0 Å². The molecular formula is C24H22BrN3O2. The van der Waals surface area contributed by atoms with Gasteiger partial charge in [-0.15, -0.1) is 0 Å². The van der Waals surface area contributed by atoms with Gasteiger partial charge in [-0.1, -0.05) is 46.3 Å². The maximum absolute atomic E-state index is 12.8. The summed E-state index contributed by atoms with van der Waals surface area (Å²) in [6.45, 7) is 2.93. The van der Waals surface area contributed by atoms with Crippen molar-refractivity contribution in [3.05, 3.63) is 88.4 Å². The Hall–Kier alpha value is -2.96. The summed E-state index contributed by atoms with van der Waals surface area (Å²) in [4.78, 5) is 19.6. The van der Waals surface area contributed by atoms with Crippen molar-refractivity contribution in [2.75, 3.05) is 36.5 Å². The number of halogens is 1. The zero-order chi connectivity index (χ0) is 20.8. The van der Waals surface area contributed by atoms with E-state index in [-0.39, 0.29) is 5.91 Å². The van der Waals surface area contributed by atoms with Gasteiger partial charge in [-0.2, -0.15) is 0 Å². The highest BCUT2D eigenvalue weighted by Gasteiger charge is 2.17. The highest BCUT2D eigenvalue weighted by molar-refractivity contribution is 9.10. The minimum Gasteiger partial charge on any atom is -0.378 e. The number of ether oxygens (including phenoxy) is 1. The standard InChI is InChI=1S/C24H22BrN3O2/c25-20-8-6-18(7-9-20)17-26-21-10-11-23(28-12-14-30-15-13-28)22(16-21)27-24(29)19-4-2-1-3-5-19/h1-11,16-17H,12-15H2,(H,27,29). The summed E-state index contributed by atoms with van der Waals surface area (Å²) in [7, 11) is 0. The van der Waals surface area contributed by atoms with Gasteiger partial charge in [0.25, 0.3) is 5.91 Å². The third-order valence-corrected chi connectivity index (χ3v) is 5.38. The van der Waals surface area contributed by atoms with Crippen LogP contribution in [0.25, 0.3) is 0 Å². The number of anilines is 2. The van der Waals surface area contributed by atoms with Crippen molar-refractivity contribution in [2.24, 2.45) is 4.99 Å². The molecule has 0 spiro atoms. The van der Waals surface area contributed by atoms with E-state index in [2.05, 4.69) is 31.1 Å². The minimum atomic E-state index is -0.140. The molecule has 1 aliphatic rings. The molecule has 0 aliphatic carbocycles. The SMILES string of the molecule is O=C(Nc1cc(N=Cc2ccc(Br)cc2)ccc1N1CCOCC1)c1ccccc1. The van der Waals surface area contributed by atoms with E-state index in [1.807, 2.05) is 66.9 Å². The van der Waals surface area contributed by atoms with Gasteiger partial charge in [-0.25, -0.2) is 0 Å². The van der Waals surface area contributed by atoms with Crippen LogP contribution in [0.1, 0.15) is 15.9 Å². The largest absolute Gasteiger partial charge is 0.378 e. The lowest BCUT2D eigenvalue weighted by atomic mass is 10.1. The summed E-state index contributed by atoms with van der Waals surface area (Å²) >= 11 is 3.44. The molecule has 4 rings (SSSR count). The highest BCUT2D eigenvalue weighted by Crippen LogP contribution is 2.31. The number of aliphatic imine (C=N–C) groups is 1. The number of nitrogens with zero attached hydrogens (tertiary/aromatic N) is 2. The summed E-state index contributed by atoms with van der Waals surface area (Å²) in [5, 5.41) is 3.07. The van der Waals surface area contributed by atoms with Gasteiger partial charge in [-0.05, 0) is 48.0 Å². The molecule has 30 heavy (non-hydrogen) atoms. The van der Waals surface area contributed by atoms with Crippen molar-refractivity contribution in [1.82, 2.24) is 0 Å². The van der Waals surface area contributed by atoms with Crippen LogP contribution in [0.3, 0.4) is 0 Å². The number of hydrogen-bond acceptors (Lipinski definition) is 4. The molecule has 3 aromatic carbocycles. The van der Waals surface area contributed by atoms with Crippen molar-refractivity contribution < 1.29 is 9.53 Å². The number of amides is 1. The minimum absolute atomic E-state index is 0.140. The van der Waals surface area contributed by atoms with Gasteiger partial charge in [-0.3, -0.25) is 9.79 Å². The normalized spacial score (nSPS) is 14.1. The first kappa shape index (κ1) is 20.3. The van der Waals surface area contributed by atoms with Crippen LogP contribution >= 0.6 is 15.9 Å². The highest BCUT2D eigenvalue weighted by atomic mass is 79.9. The van der Waals surface area contributed by atoms with E-state index in [1.165, 1.54) is 0 Å². The van der Waals surface area contributed by atoms with Crippen molar-refractivity contribution in [2.45, 2.75) is 0 Å². The second kappa shape index (κ2) is 9.69. The zero-order valence-corrected chi connectivity index (χ0v) is 18.0. The van der Waals surface area contributed by atoms with Crippen LogP contribution in [0.5, 0.6) is 0 Å². The fraction of sp³-hybridized carbons (Fsp3) is 0.167. The van der Waals surface area contributed by atoms with Crippen LogP contribution in [0.4, 0.5) is 17.1 Å². The summed E-state index contributed by atoms with van der Waals surface area (Å²) in [6, 6.07) is 23.1. The van der Waals surface area contributed by atoms with Crippen LogP contribution in [0, 0.1) is 0 Å². The molecule has 0 radical (unpaired) electrons. The smallest absolute Gasteiger partial charge is 0.255 e. The predicted octanol–water partition coefficient (Wildman–Crippen LogP) is 5.29. The molecule has 3 aromatic rings. The van der Waals surface area contributed by atoms with Crippen molar-refractivity contribution in [3.63, 3.8) is 0 Å². The number of carbonyl (C=O) groups is 1. The predicted molar refractivity (Wildman–Crippen MR) is 125 cm³/mol. The number of benzene rings is 3. The second-order valence-corrected chi connectivity index (χ2v) is 7.85. The van der Waals surface area contributed by atoms with E-state index in [0.29, 0.717) is 18.8 Å². The van der Waals surface area contributed by atoms with Crippen LogP contribution < -0.4 is 10.2 Å². The van der Waals surface area contributed by atoms with Gasteiger partial charge in [0.05, 0.1) is 30.3 Å². The molecule has 0 bridgehead atoms. The first-order valence-corrected chi connectivity index (χ1v) is 10.6. The van der Waals surface area contributed by atoms with Crippen LogP contribution in [-0.4, -0.2) is 38.4 Å². The maximum atomic E-state index is 12.8. The lowest BCUT2D eigenvalue weighted by Gasteiger charge is -2.30. The van der Waals surface area contributed by atoms with Crippen molar-refractivity contribution in [1.29, 1.82) is 0 Å². The summed E-state index contributed by atoms with van der Waals surface area (Å²) in [6.07, 6.45) is 1.82. The van der Waals surface area contributed by atoms with E-state index < -0.39 is 0 Å². The molecular weight excluding hydrogens is 442 g/mol. The van der Waals surface area contributed by atoms with E-state index in [1.54, 1.807) is 12.1 Å². The number of carbonyl (C=O) groups excluding carboxylic acids is 1. The number of rotatable bonds is 5. The Bertz CT molecular complexity index is 1030. The molecule has 0 aromatic heterocycles. The lowest BCUT2D eigenvalue weighted by Crippen LogP contribution is -2.36. The molecule has 1 heterocycles. The molecule has 0 atom stereocenters. The molecule has 6 heteroatoms. The van der Waals surface area contributed by atoms with E-state index in [4.69, 9.17) is 4.74 Å². The average Bonchev–Trinajstić information content (AvgIpc) is 2.80. The zero-order valence-electron chi connectivity index (χ0n) is 16.4. The van der Waals surface area contributed by atoms with Crippen LogP contribution in [0.15, 0.2) is 82.3 Å². The molecule has 1 fully saturated rings. The number of hydrogen-bond donors (Lipinski definition) is 1. The van der Waals surface area contributed by atoms with E-state index >= 15 is 0 Å². The van der Waals surface area contributed by atoms with E-state index in [0.717, 1.165) is 40.2 Å². The van der Waals surface area contributed by atoms with Crippen molar-refractivity contribution >= 4 is 45.1 Å². The van der Waals surface area contributed by atoms with E-state index in [9.17, 15) is 4.79 Å². The first-order chi connectivity index (χ1) is 14.7. The van der Waals surface area contributed by atoms with Crippen LogP contribution in [0.2, 0.25) is 0 Å². The quantitative estimate of drug-likeness (QED) is 0.523. The Balaban J connectivity index is 1.62. The lowest BCUT2D eigenvalue weighted by molar-refractivity contribution is 0.102.